The van der Waals surface area contributed by atoms with Crippen LogP contribution in [0.2, 0.25) is 0 Å². The molecule has 1 aromatic heterocycles. The number of ether oxygens (including phenoxy) is 5. The van der Waals surface area contributed by atoms with Gasteiger partial charge in [-0.15, -0.1) is 10.2 Å². The van der Waals surface area contributed by atoms with Crippen LogP contribution in [0.15, 0.2) is 29.4 Å². The molecule has 1 saturated carbocycles. The maximum atomic E-state index is 12.3. The molecule has 2 aliphatic rings. The van der Waals surface area contributed by atoms with Gasteiger partial charge in [-0.25, -0.2) is 0 Å². The van der Waals surface area contributed by atoms with Gasteiger partial charge in [0.2, 0.25) is 5.91 Å². The molecule has 2 fully saturated rings. The van der Waals surface area contributed by atoms with Crippen molar-refractivity contribution in [3.8, 4) is 5.75 Å². The van der Waals surface area contributed by atoms with Gasteiger partial charge in [-0.3, -0.25) is 23.7 Å². The smallest absolute Gasteiger partial charge is 0.303 e. The van der Waals surface area contributed by atoms with Crippen molar-refractivity contribution in [3.63, 3.8) is 0 Å². The van der Waals surface area contributed by atoms with E-state index >= 15 is 0 Å². The molecule has 234 valence electrons. The number of aromatic nitrogens is 3. The van der Waals surface area contributed by atoms with Crippen LogP contribution < -0.4 is 10.1 Å². The number of nitrogens with zero attached hydrogens (tertiary/aromatic N) is 3. The van der Waals surface area contributed by atoms with Crippen molar-refractivity contribution >= 4 is 35.6 Å². The summed E-state index contributed by atoms with van der Waals surface area (Å²) in [4.78, 5) is 48.3. The van der Waals surface area contributed by atoms with Gasteiger partial charge in [0, 0.05) is 33.7 Å². The molecule has 1 aliphatic carbocycles. The number of nitrogens with one attached hydrogen (secondary N) is 1. The Morgan fingerprint density at radius 3 is 2.33 bits per heavy atom. The van der Waals surface area contributed by atoms with Crippen LogP contribution in [-0.2, 0) is 44.7 Å². The van der Waals surface area contributed by atoms with Crippen molar-refractivity contribution in [1.82, 2.24) is 20.1 Å². The molecular formula is C29H38N4O9S. The van der Waals surface area contributed by atoms with Crippen molar-refractivity contribution in [3.05, 3.63) is 35.7 Å². The van der Waals surface area contributed by atoms with E-state index in [4.69, 9.17) is 23.7 Å². The molecule has 0 unspecified atom stereocenters. The van der Waals surface area contributed by atoms with E-state index in [2.05, 4.69) is 15.5 Å². The molecule has 14 heteroatoms. The molecule has 1 N–H and O–H groups in total. The number of thioether (sulfide) groups is 1. The normalized spacial score (nSPS) is 23.8. The van der Waals surface area contributed by atoms with E-state index in [0.29, 0.717) is 16.7 Å². The lowest BCUT2D eigenvalue weighted by Gasteiger charge is -2.44. The zero-order chi connectivity index (χ0) is 31.1. The maximum absolute atomic E-state index is 12.3. The van der Waals surface area contributed by atoms with Gasteiger partial charge in [0.05, 0.1) is 0 Å². The number of benzene rings is 1. The summed E-state index contributed by atoms with van der Waals surface area (Å²) in [5, 5.41) is 12.2. The Bertz CT molecular complexity index is 1310. The van der Waals surface area contributed by atoms with E-state index in [0.717, 1.165) is 31.2 Å². The van der Waals surface area contributed by atoms with E-state index in [1.165, 1.54) is 39.5 Å². The third-order valence-electron chi connectivity index (χ3n) is 7.08. The second-order valence-electron chi connectivity index (χ2n) is 10.7. The lowest BCUT2D eigenvalue weighted by Crippen LogP contribution is -2.65. The van der Waals surface area contributed by atoms with E-state index in [-0.39, 0.29) is 19.3 Å². The first-order valence-electron chi connectivity index (χ1n) is 14.2. The van der Waals surface area contributed by atoms with Crippen molar-refractivity contribution < 1.29 is 42.9 Å². The zero-order valence-corrected chi connectivity index (χ0v) is 25.8. The number of aryl methyl sites for hydroxylation is 1. The first kappa shape index (κ1) is 32.3. The van der Waals surface area contributed by atoms with E-state index < -0.39 is 53.6 Å². The van der Waals surface area contributed by atoms with Gasteiger partial charge in [-0.2, -0.15) is 0 Å². The van der Waals surface area contributed by atoms with Gasteiger partial charge in [0.15, 0.2) is 23.2 Å². The number of esters is 3. The Kier molecular flexibility index (Phi) is 11.0. The van der Waals surface area contributed by atoms with Crippen molar-refractivity contribution in [2.45, 2.75) is 108 Å². The Hall–Kier alpha value is -3.65. The largest absolute Gasteiger partial charge is 0.486 e. The van der Waals surface area contributed by atoms with Gasteiger partial charge < -0.3 is 29.0 Å². The minimum atomic E-state index is -1.17. The molecule has 1 amide bonds. The highest BCUT2D eigenvalue weighted by atomic mass is 32.2. The van der Waals surface area contributed by atoms with Gasteiger partial charge >= 0.3 is 17.9 Å². The Balaban J connectivity index is 1.68. The summed E-state index contributed by atoms with van der Waals surface area (Å²) in [5.74, 6) is -0.953. The van der Waals surface area contributed by atoms with Crippen LogP contribution in [0, 0.1) is 6.92 Å². The highest BCUT2D eigenvalue weighted by Gasteiger charge is 2.51. The van der Waals surface area contributed by atoms with Crippen LogP contribution in [0.5, 0.6) is 5.75 Å². The topological polar surface area (TPSA) is 157 Å². The maximum Gasteiger partial charge on any atom is 0.303 e. The highest BCUT2D eigenvalue weighted by Crippen LogP contribution is 2.39. The fraction of sp³-hybridized carbons (Fsp3) is 0.586. The number of carbonyl (C=O) groups is 4. The average Bonchev–Trinajstić information content (AvgIpc) is 3.59. The fourth-order valence-electron chi connectivity index (χ4n) is 5.36. The third kappa shape index (κ3) is 8.69. The molecule has 1 aromatic carbocycles. The minimum absolute atomic E-state index is 0.131. The second-order valence-corrected chi connectivity index (χ2v) is 11.7. The summed E-state index contributed by atoms with van der Waals surface area (Å²) in [7, 11) is 0. The first-order valence-corrected chi connectivity index (χ1v) is 15.1. The van der Waals surface area contributed by atoms with Crippen LogP contribution in [0.3, 0.4) is 0 Å². The van der Waals surface area contributed by atoms with Gasteiger partial charge in [-0.05, 0) is 37.5 Å². The lowest BCUT2D eigenvalue weighted by atomic mass is 9.97. The van der Waals surface area contributed by atoms with E-state index in [1.54, 1.807) is 0 Å². The van der Waals surface area contributed by atoms with E-state index in [1.807, 2.05) is 35.8 Å². The zero-order valence-electron chi connectivity index (χ0n) is 24.9. The Morgan fingerprint density at radius 2 is 1.70 bits per heavy atom. The summed E-state index contributed by atoms with van der Waals surface area (Å²) < 4.78 is 30.8. The van der Waals surface area contributed by atoms with Crippen molar-refractivity contribution in [1.29, 1.82) is 0 Å². The molecule has 2 aromatic rings. The number of rotatable bonds is 11. The monoisotopic (exact) mass is 618 g/mol. The summed E-state index contributed by atoms with van der Waals surface area (Å²) in [6.07, 6.45) is 0.661. The van der Waals surface area contributed by atoms with Crippen LogP contribution in [0.25, 0.3) is 0 Å². The van der Waals surface area contributed by atoms with Crippen LogP contribution in [0.4, 0.5) is 0 Å². The predicted octanol–water partition coefficient (Wildman–Crippen LogP) is 3.03. The molecule has 2 heterocycles. The lowest BCUT2D eigenvalue weighted by molar-refractivity contribution is -0.211. The number of amides is 1. The van der Waals surface area contributed by atoms with Crippen LogP contribution >= 0.6 is 11.8 Å². The number of hydrogen-bond donors (Lipinski definition) is 1. The standard InChI is InChI=1S/C29H38N4O9S/c1-16-9-8-12-22(13-16)39-15-24-31-32-29(33(24)21-10-6-7-11-21)43-28-25(30-17(2)34)27(41-20(5)37)26(40-19(4)36)23(42-28)14-38-18(3)35/h8-9,12-13,21,23,25-28H,6-7,10-11,14-15H2,1-5H3,(H,30,34)/t23-,25+,26+,27+,28+/m1/s1. The van der Waals surface area contributed by atoms with Crippen LogP contribution in [0.1, 0.15) is 70.8 Å². The Labute approximate surface area is 254 Å². The molecular weight excluding hydrogens is 580 g/mol. The number of carbonyl (C=O) groups excluding carboxylic acids is 4. The molecule has 4 rings (SSSR count). The summed E-state index contributed by atoms with van der Waals surface area (Å²) in [6, 6.07) is 6.91. The molecule has 1 aliphatic heterocycles. The fourth-order valence-corrected chi connectivity index (χ4v) is 6.60. The minimum Gasteiger partial charge on any atom is -0.486 e. The van der Waals surface area contributed by atoms with Crippen molar-refractivity contribution in [2.24, 2.45) is 0 Å². The quantitative estimate of drug-likeness (QED) is 0.290. The number of hydrogen-bond acceptors (Lipinski definition) is 12. The molecule has 5 atom stereocenters. The molecule has 0 spiro atoms. The summed E-state index contributed by atoms with van der Waals surface area (Å²) in [5.41, 5.74) is 0.178. The van der Waals surface area contributed by atoms with Crippen LogP contribution in [-0.4, -0.2) is 75.0 Å². The Morgan fingerprint density at radius 1 is 1.00 bits per heavy atom. The first-order chi connectivity index (χ1) is 20.5. The van der Waals surface area contributed by atoms with Gasteiger partial charge in [0.1, 0.15) is 36.5 Å². The molecule has 43 heavy (non-hydrogen) atoms. The van der Waals surface area contributed by atoms with Gasteiger partial charge in [-0.1, -0.05) is 36.7 Å². The van der Waals surface area contributed by atoms with E-state index in [9.17, 15) is 19.2 Å². The molecule has 13 nitrogen and oxygen atoms in total. The predicted molar refractivity (Wildman–Crippen MR) is 153 cm³/mol. The van der Waals surface area contributed by atoms with Gasteiger partial charge in [0.25, 0.3) is 0 Å². The SMILES string of the molecule is CC(=O)N[C@H]1[C@H](OC(C)=O)[C@@H](OC(C)=O)[C@@H](COC(C)=O)O[C@H]1Sc1nnc(COc2cccc(C)c2)n1C1CCCC1. The second kappa shape index (κ2) is 14.7. The summed E-state index contributed by atoms with van der Waals surface area (Å²) >= 11 is 1.19. The molecule has 0 radical (unpaired) electrons. The summed E-state index contributed by atoms with van der Waals surface area (Å²) in [6.45, 7) is 6.87. The third-order valence-corrected chi connectivity index (χ3v) is 8.20. The highest BCUT2D eigenvalue weighted by molar-refractivity contribution is 7.99. The average molecular weight is 619 g/mol. The molecule has 1 saturated heterocycles. The van der Waals surface area contributed by atoms with Crippen molar-refractivity contribution in [2.75, 3.05) is 6.61 Å². The molecule has 0 bridgehead atoms.